The Morgan fingerprint density at radius 1 is 0.778 bits per heavy atom. The SMILES string of the molecule is O=C(C(=N/N=C/c1c[nH]c2ccccc12)c1ccccc1)c1ccccc1. The van der Waals surface area contributed by atoms with Crippen molar-refractivity contribution in [1.29, 1.82) is 0 Å². The molecular weight excluding hydrogens is 334 g/mol. The molecule has 0 radical (unpaired) electrons. The highest BCUT2D eigenvalue weighted by Gasteiger charge is 2.16. The molecule has 3 aromatic carbocycles. The van der Waals surface area contributed by atoms with Crippen molar-refractivity contribution in [2.24, 2.45) is 10.2 Å². The van der Waals surface area contributed by atoms with E-state index >= 15 is 0 Å². The van der Waals surface area contributed by atoms with E-state index in [0.29, 0.717) is 11.3 Å². The van der Waals surface area contributed by atoms with Gasteiger partial charge in [0.1, 0.15) is 5.71 Å². The molecule has 1 N–H and O–H groups in total. The predicted octanol–water partition coefficient (Wildman–Crippen LogP) is 4.87. The van der Waals surface area contributed by atoms with Crippen LogP contribution in [0.25, 0.3) is 10.9 Å². The Morgan fingerprint density at radius 2 is 1.41 bits per heavy atom. The Morgan fingerprint density at radius 3 is 2.15 bits per heavy atom. The summed E-state index contributed by atoms with van der Waals surface area (Å²) in [6, 6.07) is 26.5. The number of benzene rings is 3. The van der Waals surface area contributed by atoms with Crippen molar-refractivity contribution in [1.82, 2.24) is 4.98 Å². The van der Waals surface area contributed by atoms with Gasteiger partial charge in [0, 0.05) is 33.8 Å². The second-order valence-corrected chi connectivity index (χ2v) is 6.04. The molecule has 0 fully saturated rings. The summed E-state index contributed by atoms with van der Waals surface area (Å²) in [6.07, 6.45) is 3.55. The number of nitrogens with one attached hydrogen (secondary N) is 1. The highest BCUT2D eigenvalue weighted by molar-refractivity contribution is 6.51. The maximum absolute atomic E-state index is 12.9. The molecule has 0 saturated heterocycles. The van der Waals surface area contributed by atoms with Crippen LogP contribution in [-0.4, -0.2) is 22.7 Å². The number of hydrogen-bond donors (Lipinski definition) is 1. The molecule has 1 aromatic heterocycles. The van der Waals surface area contributed by atoms with Crippen LogP contribution in [-0.2, 0) is 0 Å². The van der Waals surface area contributed by atoms with Gasteiger partial charge in [0.2, 0.25) is 5.78 Å². The smallest absolute Gasteiger partial charge is 0.213 e. The topological polar surface area (TPSA) is 57.6 Å². The molecule has 0 atom stereocenters. The molecule has 0 aliphatic rings. The Balaban J connectivity index is 1.71. The fourth-order valence-electron chi connectivity index (χ4n) is 2.91. The zero-order chi connectivity index (χ0) is 18.5. The Hall–Kier alpha value is -3.79. The number of Topliss-reactive ketones (excluding diaryl/α,β-unsaturated/α-hetero) is 1. The van der Waals surface area contributed by atoms with Gasteiger partial charge < -0.3 is 4.98 Å². The normalized spacial score (nSPS) is 11.9. The van der Waals surface area contributed by atoms with E-state index in [9.17, 15) is 4.79 Å². The van der Waals surface area contributed by atoms with E-state index in [2.05, 4.69) is 15.2 Å². The third-order valence-electron chi connectivity index (χ3n) is 4.27. The van der Waals surface area contributed by atoms with Crippen LogP contribution in [0.4, 0.5) is 0 Å². The molecule has 0 bridgehead atoms. The number of aromatic amines is 1. The molecule has 0 spiro atoms. The average molecular weight is 351 g/mol. The summed E-state index contributed by atoms with van der Waals surface area (Å²) < 4.78 is 0. The minimum atomic E-state index is -0.155. The Kier molecular flexibility index (Phi) is 4.70. The van der Waals surface area contributed by atoms with E-state index in [0.717, 1.165) is 22.0 Å². The lowest BCUT2D eigenvalue weighted by atomic mass is 10.0. The lowest BCUT2D eigenvalue weighted by Crippen LogP contribution is -2.15. The number of nitrogens with zero attached hydrogens (tertiary/aromatic N) is 2. The Labute approximate surface area is 156 Å². The molecule has 27 heavy (non-hydrogen) atoms. The summed E-state index contributed by atoms with van der Waals surface area (Å²) >= 11 is 0. The van der Waals surface area contributed by atoms with E-state index in [1.165, 1.54) is 0 Å². The number of carbonyl (C=O) groups excluding carboxylic acids is 1. The van der Waals surface area contributed by atoms with Gasteiger partial charge in [0.25, 0.3) is 0 Å². The number of H-pyrrole nitrogens is 1. The first-order valence-corrected chi connectivity index (χ1v) is 8.65. The summed E-state index contributed by atoms with van der Waals surface area (Å²) in [5.41, 5.74) is 3.60. The van der Waals surface area contributed by atoms with E-state index < -0.39 is 0 Å². The van der Waals surface area contributed by atoms with Crippen LogP contribution in [0.15, 0.2) is 101 Å². The third kappa shape index (κ3) is 3.60. The van der Waals surface area contributed by atoms with Crippen LogP contribution in [0.5, 0.6) is 0 Å². The highest BCUT2D eigenvalue weighted by Crippen LogP contribution is 2.16. The number of ketones is 1. The first-order valence-electron chi connectivity index (χ1n) is 8.65. The molecule has 0 aliphatic heterocycles. The maximum atomic E-state index is 12.9. The minimum absolute atomic E-state index is 0.155. The number of rotatable bonds is 5. The standard InChI is InChI=1S/C23H17N3O/c27-23(18-11-5-2-6-12-18)22(17-9-3-1-4-10-17)26-25-16-19-15-24-21-14-8-7-13-20(19)21/h1-16,24H/b25-16+,26-22?. The molecular formula is C23H17N3O. The Bertz CT molecular complexity index is 1130. The highest BCUT2D eigenvalue weighted by atomic mass is 16.1. The van der Waals surface area contributed by atoms with Gasteiger partial charge >= 0.3 is 0 Å². The van der Waals surface area contributed by atoms with Crippen molar-refractivity contribution < 1.29 is 4.79 Å². The van der Waals surface area contributed by atoms with E-state index in [-0.39, 0.29) is 5.78 Å². The maximum Gasteiger partial charge on any atom is 0.213 e. The lowest BCUT2D eigenvalue weighted by molar-refractivity contribution is 0.106. The molecule has 0 aliphatic carbocycles. The van der Waals surface area contributed by atoms with Gasteiger partial charge in [-0.25, -0.2) is 0 Å². The zero-order valence-corrected chi connectivity index (χ0v) is 14.5. The van der Waals surface area contributed by atoms with Crippen LogP contribution in [0.2, 0.25) is 0 Å². The number of fused-ring (bicyclic) bond motifs is 1. The number of aromatic nitrogens is 1. The largest absolute Gasteiger partial charge is 0.361 e. The summed E-state index contributed by atoms with van der Waals surface area (Å²) in [7, 11) is 0. The van der Waals surface area contributed by atoms with Crippen molar-refractivity contribution in [2.75, 3.05) is 0 Å². The summed E-state index contributed by atoms with van der Waals surface area (Å²) in [5.74, 6) is -0.155. The first-order chi connectivity index (χ1) is 13.3. The fraction of sp³-hybridized carbons (Fsp3) is 0. The van der Waals surface area contributed by atoms with Crippen molar-refractivity contribution in [2.45, 2.75) is 0 Å². The van der Waals surface area contributed by atoms with Gasteiger partial charge in [-0.15, -0.1) is 5.10 Å². The molecule has 0 unspecified atom stereocenters. The number of para-hydroxylation sites is 1. The molecule has 1 heterocycles. The van der Waals surface area contributed by atoms with Gasteiger partial charge in [0.15, 0.2) is 0 Å². The number of hydrogen-bond acceptors (Lipinski definition) is 3. The van der Waals surface area contributed by atoms with Crippen molar-refractivity contribution in [3.8, 4) is 0 Å². The van der Waals surface area contributed by atoms with Gasteiger partial charge in [-0.1, -0.05) is 78.9 Å². The molecule has 0 saturated carbocycles. The van der Waals surface area contributed by atoms with Crippen LogP contribution in [0, 0.1) is 0 Å². The van der Waals surface area contributed by atoms with Crippen LogP contribution >= 0.6 is 0 Å². The van der Waals surface area contributed by atoms with E-state index in [1.54, 1.807) is 18.3 Å². The van der Waals surface area contributed by atoms with Gasteiger partial charge in [0.05, 0.1) is 6.21 Å². The van der Waals surface area contributed by atoms with Crippen LogP contribution in [0.3, 0.4) is 0 Å². The summed E-state index contributed by atoms with van der Waals surface area (Å²) in [5, 5.41) is 9.55. The second kappa shape index (κ2) is 7.62. The minimum Gasteiger partial charge on any atom is -0.361 e. The molecule has 4 heteroatoms. The molecule has 4 rings (SSSR count). The molecule has 4 aromatic rings. The van der Waals surface area contributed by atoms with Gasteiger partial charge in [-0.05, 0) is 6.07 Å². The van der Waals surface area contributed by atoms with Crippen molar-refractivity contribution in [3.63, 3.8) is 0 Å². The number of carbonyl (C=O) groups is 1. The van der Waals surface area contributed by atoms with Crippen LogP contribution in [0.1, 0.15) is 21.5 Å². The predicted molar refractivity (Wildman–Crippen MR) is 110 cm³/mol. The molecule has 4 nitrogen and oxygen atoms in total. The summed E-state index contributed by atoms with van der Waals surface area (Å²) in [6.45, 7) is 0. The monoisotopic (exact) mass is 351 g/mol. The second-order valence-electron chi connectivity index (χ2n) is 6.04. The molecule has 130 valence electrons. The average Bonchev–Trinajstić information content (AvgIpc) is 3.15. The lowest BCUT2D eigenvalue weighted by Gasteiger charge is -2.04. The third-order valence-corrected chi connectivity index (χ3v) is 4.27. The molecule has 0 amide bonds. The fourth-order valence-corrected chi connectivity index (χ4v) is 2.91. The zero-order valence-electron chi connectivity index (χ0n) is 14.5. The van der Waals surface area contributed by atoms with Crippen molar-refractivity contribution in [3.05, 3.63) is 108 Å². The van der Waals surface area contributed by atoms with Crippen molar-refractivity contribution >= 4 is 28.6 Å². The first kappa shape index (κ1) is 16.7. The van der Waals surface area contributed by atoms with E-state index in [1.807, 2.05) is 79.0 Å². The van der Waals surface area contributed by atoms with Crippen LogP contribution < -0.4 is 0 Å². The van der Waals surface area contributed by atoms with Gasteiger partial charge in [-0.3, -0.25) is 4.79 Å². The quantitative estimate of drug-likeness (QED) is 0.311. The van der Waals surface area contributed by atoms with Gasteiger partial charge in [-0.2, -0.15) is 5.10 Å². The van der Waals surface area contributed by atoms with E-state index in [4.69, 9.17) is 0 Å². The summed E-state index contributed by atoms with van der Waals surface area (Å²) in [4.78, 5) is 16.1.